The van der Waals surface area contributed by atoms with Crippen molar-refractivity contribution in [3.05, 3.63) is 36.4 Å². The van der Waals surface area contributed by atoms with Crippen molar-refractivity contribution in [1.82, 2.24) is 4.98 Å². The van der Waals surface area contributed by atoms with Crippen molar-refractivity contribution < 1.29 is 0 Å². The lowest BCUT2D eigenvalue weighted by molar-refractivity contribution is 1.48. The Kier molecular flexibility index (Phi) is 2.25. The second-order valence-corrected chi connectivity index (χ2v) is 3.75. The van der Waals surface area contributed by atoms with Crippen LogP contribution in [-0.4, -0.2) is 4.98 Å². The molecule has 0 amide bonds. The number of aromatic nitrogens is 1. The maximum Gasteiger partial charge on any atom is 0.0763 e. The predicted octanol–water partition coefficient (Wildman–Crippen LogP) is 2.69. The van der Waals surface area contributed by atoms with Gasteiger partial charge in [-0.15, -0.1) is 0 Å². The van der Waals surface area contributed by atoms with Crippen molar-refractivity contribution in [2.75, 3.05) is 0 Å². The second-order valence-electron chi connectivity index (χ2n) is 2.48. The molecule has 1 aromatic heterocycles. The van der Waals surface area contributed by atoms with Crippen LogP contribution in [0, 0.1) is 0 Å². The lowest BCUT2D eigenvalue weighted by Gasteiger charge is -1.97. The molecule has 3 heteroatoms. The zero-order chi connectivity index (χ0) is 8.39. The predicted molar refractivity (Wildman–Crippen MR) is 55.5 cm³/mol. The third-order valence-corrected chi connectivity index (χ3v) is 2.75. The van der Waals surface area contributed by atoms with Gasteiger partial charge in [-0.3, -0.25) is 0 Å². The highest BCUT2D eigenvalue weighted by atomic mass is 35.7. The molecule has 0 radical (unpaired) electrons. The molecule has 0 bridgehead atoms. The topological polar surface area (TPSA) is 12.9 Å². The Morgan fingerprint density at radius 3 is 2.75 bits per heavy atom. The van der Waals surface area contributed by atoms with E-state index in [4.69, 9.17) is 11.2 Å². The maximum atomic E-state index is 5.69. The van der Waals surface area contributed by atoms with Crippen LogP contribution in [0.2, 0.25) is 0 Å². The first kappa shape index (κ1) is 7.97. The fraction of sp³-hybridized carbons (Fsp3) is 0. The highest BCUT2D eigenvalue weighted by molar-refractivity contribution is 7.74. The summed E-state index contributed by atoms with van der Waals surface area (Å²) in [5.74, 6) is 0. The molecule has 0 saturated heterocycles. The molecule has 60 valence electrons. The van der Waals surface area contributed by atoms with Crippen LogP contribution in [0.5, 0.6) is 0 Å². The molecule has 0 aliphatic heterocycles. The summed E-state index contributed by atoms with van der Waals surface area (Å²) in [7, 11) is 0.254. The average molecular weight is 196 g/mol. The third-order valence-electron chi connectivity index (χ3n) is 1.70. The fourth-order valence-corrected chi connectivity index (χ4v) is 1.74. The summed E-state index contributed by atoms with van der Waals surface area (Å²) in [6.07, 6.45) is 0. The summed E-state index contributed by atoms with van der Waals surface area (Å²) < 4.78 is 0. The highest BCUT2D eigenvalue weighted by Crippen LogP contribution is 2.16. The fourth-order valence-electron chi connectivity index (χ4n) is 1.12. The van der Waals surface area contributed by atoms with Crippen LogP contribution in [0.1, 0.15) is 0 Å². The first-order chi connectivity index (χ1) is 5.90. The van der Waals surface area contributed by atoms with Gasteiger partial charge in [0.05, 0.1) is 11.0 Å². The van der Waals surface area contributed by atoms with E-state index in [-0.39, 0.29) is 7.93 Å². The first-order valence-corrected chi connectivity index (χ1v) is 5.64. The van der Waals surface area contributed by atoms with E-state index in [0.717, 1.165) is 16.3 Å². The second kappa shape index (κ2) is 3.38. The van der Waals surface area contributed by atoms with Gasteiger partial charge in [0.25, 0.3) is 0 Å². The van der Waals surface area contributed by atoms with E-state index >= 15 is 0 Å². The van der Waals surface area contributed by atoms with Crippen molar-refractivity contribution >= 4 is 35.5 Å². The molecule has 1 atom stereocenters. The van der Waals surface area contributed by atoms with Crippen molar-refractivity contribution in [3.63, 3.8) is 0 Å². The molecule has 1 heterocycles. The number of fused-ring (bicyclic) bond motifs is 1. The van der Waals surface area contributed by atoms with Crippen molar-refractivity contribution in [1.29, 1.82) is 0 Å². The van der Waals surface area contributed by atoms with Crippen LogP contribution in [0.25, 0.3) is 10.9 Å². The van der Waals surface area contributed by atoms with Gasteiger partial charge in [0.1, 0.15) is 0 Å². The van der Waals surface area contributed by atoms with Gasteiger partial charge in [0.15, 0.2) is 0 Å². The SMILES string of the molecule is ClPc1ccc2ccccc2n1. The van der Waals surface area contributed by atoms with Gasteiger partial charge in [-0.1, -0.05) is 35.5 Å². The van der Waals surface area contributed by atoms with E-state index in [0.29, 0.717) is 0 Å². The number of hydrogen-bond donors (Lipinski definition) is 0. The summed E-state index contributed by atoms with van der Waals surface area (Å²) >= 11 is 5.69. The molecule has 0 fully saturated rings. The minimum Gasteiger partial charge on any atom is -0.247 e. The largest absolute Gasteiger partial charge is 0.247 e. The van der Waals surface area contributed by atoms with Crippen LogP contribution in [0.3, 0.4) is 0 Å². The number of halogens is 1. The van der Waals surface area contributed by atoms with Gasteiger partial charge < -0.3 is 0 Å². The van der Waals surface area contributed by atoms with Crippen LogP contribution in [0.15, 0.2) is 36.4 Å². The summed E-state index contributed by atoms with van der Waals surface area (Å²) in [6.45, 7) is 0. The lowest BCUT2D eigenvalue weighted by Crippen LogP contribution is -1.97. The molecular weight excluding hydrogens is 189 g/mol. The zero-order valence-electron chi connectivity index (χ0n) is 6.29. The van der Waals surface area contributed by atoms with Gasteiger partial charge in [-0.05, 0) is 12.1 Å². The Bertz CT molecular complexity index is 402. The average Bonchev–Trinajstić information content (AvgIpc) is 2.17. The van der Waals surface area contributed by atoms with E-state index in [1.807, 2.05) is 36.4 Å². The van der Waals surface area contributed by atoms with Crippen LogP contribution >= 0.6 is 19.2 Å². The van der Waals surface area contributed by atoms with E-state index in [9.17, 15) is 0 Å². The monoisotopic (exact) mass is 195 g/mol. The summed E-state index contributed by atoms with van der Waals surface area (Å²) in [5, 5.41) is 1.16. The molecule has 0 N–H and O–H groups in total. The van der Waals surface area contributed by atoms with Crippen molar-refractivity contribution in [2.24, 2.45) is 0 Å². The van der Waals surface area contributed by atoms with Gasteiger partial charge in [-0.2, -0.15) is 0 Å². The van der Waals surface area contributed by atoms with Crippen molar-refractivity contribution in [3.8, 4) is 0 Å². The molecule has 1 aromatic carbocycles. The molecule has 0 aliphatic rings. The first-order valence-electron chi connectivity index (χ1n) is 3.62. The Morgan fingerprint density at radius 1 is 1.08 bits per heavy atom. The molecular formula is C9H7ClNP. The van der Waals surface area contributed by atoms with Crippen LogP contribution in [0.4, 0.5) is 0 Å². The molecule has 1 unspecified atom stereocenters. The number of para-hydroxylation sites is 1. The van der Waals surface area contributed by atoms with E-state index in [1.165, 1.54) is 0 Å². The highest BCUT2D eigenvalue weighted by Gasteiger charge is 1.94. The quantitative estimate of drug-likeness (QED) is 0.638. The molecule has 0 saturated carbocycles. The van der Waals surface area contributed by atoms with Gasteiger partial charge >= 0.3 is 0 Å². The molecule has 2 rings (SSSR count). The number of pyridine rings is 1. The van der Waals surface area contributed by atoms with Gasteiger partial charge in [0, 0.05) is 13.3 Å². The Labute approximate surface area is 77.3 Å². The number of benzene rings is 1. The van der Waals surface area contributed by atoms with E-state index in [2.05, 4.69) is 4.98 Å². The molecule has 12 heavy (non-hydrogen) atoms. The number of nitrogens with zero attached hydrogens (tertiary/aromatic N) is 1. The van der Waals surface area contributed by atoms with Gasteiger partial charge in [-0.25, -0.2) is 4.98 Å². The van der Waals surface area contributed by atoms with Gasteiger partial charge in [0.2, 0.25) is 0 Å². The normalized spacial score (nSPS) is 11.4. The summed E-state index contributed by atoms with van der Waals surface area (Å²) in [4.78, 5) is 4.37. The van der Waals surface area contributed by atoms with Crippen LogP contribution < -0.4 is 5.44 Å². The Balaban J connectivity index is 2.67. The summed E-state index contributed by atoms with van der Waals surface area (Å²) in [6, 6.07) is 12.0. The van der Waals surface area contributed by atoms with E-state index in [1.54, 1.807) is 0 Å². The lowest BCUT2D eigenvalue weighted by atomic mass is 10.2. The standard InChI is InChI=1S/C9H7ClNP/c10-12-9-6-5-7-3-1-2-4-8(7)11-9/h1-6,12H. The zero-order valence-corrected chi connectivity index (χ0v) is 8.05. The molecule has 1 nitrogen and oxygen atoms in total. The minimum atomic E-state index is 0.254. The number of hydrogen-bond acceptors (Lipinski definition) is 1. The minimum absolute atomic E-state index is 0.254. The Hall–Kier alpha value is -0.650. The number of rotatable bonds is 1. The maximum absolute atomic E-state index is 5.69. The molecule has 2 aromatic rings. The Morgan fingerprint density at radius 2 is 1.92 bits per heavy atom. The van der Waals surface area contributed by atoms with Crippen molar-refractivity contribution in [2.45, 2.75) is 0 Å². The smallest absolute Gasteiger partial charge is 0.0763 e. The summed E-state index contributed by atoms with van der Waals surface area (Å²) in [5.41, 5.74) is 1.97. The van der Waals surface area contributed by atoms with E-state index < -0.39 is 0 Å². The third kappa shape index (κ3) is 1.43. The van der Waals surface area contributed by atoms with Crippen LogP contribution in [-0.2, 0) is 0 Å². The molecule has 0 aliphatic carbocycles. The molecule has 0 spiro atoms.